The second-order valence-electron chi connectivity index (χ2n) is 7.57. The molecule has 1 amide bonds. The van der Waals surface area contributed by atoms with Crippen LogP contribution in [0.1, 0.15) is 32.8 Å². The molecule has 8 heteroatoms. The highest BCUT2D eigenvalue weighted by Crippen LogP contribution is 2.28. The summed E-state index contributed by atoms with van der Waals surface area (Å²) in [6.07, 6.45) is -3.79. The number of aliphatic hydroxyl groups is 1. The molecule has 1 heterocycles. The van der Waals surface area contributed by atoms with Crippen molar-refractivity contribution in [2.75, 3.05) is 6.54 Å². The Balaban J connectivity index is 2.18. The molecular formula is C18H25FN2O5. The molecule has 7 nitrogen and oxygen atoms in total. The standard InChI is InChI=1S/C18H25FN2O5/c1-18(2,3)26-17(23)20-11-13(19)10-14(20)16(22)15(21(24)25)9-12-7-5-4-6-8-12/h4-8,13-16,22H,9-11H2,1-3H3/t13-,14+,15-,16-/m0/s1. The molecule has 0 spiro atoms. The smallest absolute Gasteiger partial charge is 0.410 e. The summed E-state index contributed by atoms with van der Waals surface area (Å²) in [5.74, 6) is 0. The summed E-state index contributed by atoms with van der Waals surface area (Å²) < 4.78 is 19.2. The lowest BCUT2D eigenvalue weighted by Gasteiger charge is -2.31. The monoisotopic (exact) mass is 368 g/mol. The first-order chi connectivity index (χ1) is 12.1. The zero-order chi connectivity index (χ0) is 19.5. The van der Waals surface area contributed by atoms with E-state index in [9.17, 15) is 24.4 Å². The number of ether oxygens (including phenoxy) is 1. The van der Waals surface area contributed by atoms with Gasteiger partial charge >= 0.3 is 6.09 Å². The van der Waals surface area contributed by atoms with Crippen LogP contribution in [0.25, 0.3) is 0 Å². The number of nitrogens with zero attached hydrogens (tertiary/aromatic N) is 2. The number of aliphatic hydroxyl groups excluding tert-OH is 1. The van der Waals surface area contributed by atoms with Gasteiger partial charge in [-0.1, -0.05) is 30.3 Å². The maximum absolute atomic E-state index is 13.9. The van der Waals surface area contributed by atoms with Gasteiger partial charge < -0.3 is 9.84 Å². The molecule has 1 aromatic rings. The van der Waals surface area contributed by atoms with Crippen molar-refractivity contribution >= 4 is 6.09 Å². The van der Waals surface area contributed by atoms with Crippen LogP contribution in [0.2, 0.25) is 0 Å². The van der Waals surface area contributed by atoms with E-state index in [2.05, 4.69) is 0 Å². The largest absolute Gasteiger partial charge is 0.444 e. The fraction of sp³-hybridized carbons (Fsp3) is 0.611. The number of amides is 1. The molecule has 0 aliphatic carbocycles. The number of hydrogen-bond donors (Lipinski definition) is 1. The SMILES string of the molecule is CC(C)(C)OC(=O)N1C[C@@H](F)C[C@@H]1[C@H](O)[C@H](Cc1ccccc1)[N+](=O)[O-]. The molecule has 2 rings (SSSR count). The Hall–Kier alpha value is -2.22. The Morgan fingerprint density at radius 1 is 1.42 bits per heavy atom. The predicted octanol–water partition coefficient (Wildman–Crippen LogP) is 2.58. The molecule has 1 N–H and O–H groups in total. The van der Waals surface area contributed by atoms with Crippen molar-refractivity contribution in [3.05, 3.63) is 46.0 Å². The predicted molar refractivity (Wildman–Crippen MR) is 93.2 cm³/mol. The van der Waals surface area contributed by atoms with E-state index < -0.39 is 41.0 Å². The third kappa shape index (κ3) is 5.14. The van der Waals surface area contributed by atoms with Crippen molar-refractivity contribution in [2.45, 2.75) is 63.6 Å². The van der Waals surface area contributed by atoms with E-state index in [0.717, 1.165) is 4.90 Å². The van der Waals surface area contributed by atoms with Gasteiger partial charge in [-0.15, -0.1) is 0 Å². The van der Waals surface area contributed by atoms with E-state index in [1.54, 1.807) is 51.1 Å². The minimum atomic E-state index is -1.50. The van der Waals surface area contributed by atoms with Crippen molar-refractivity contribution < 1.29 is 24.0 Å². The molecule has 1 aliphatic heterocycles. The van der Waals surface area contributed by atoms with Crippen LogP contribution >= 0.6 is 0 Å². The number of benzene rings is 1. The third-order valence-electron chi connectivity index (χ3n) is 4.27. The van der Waals surface area contributed by atoms with Gasteiger partial charge in [-0.25, -0.2) is 9.18 Å². The van der Waals surface area contributed by atoms with E-state index in [1.807, 2.05) is 0 Å². The summed E-state index contributed by atoms with van der Waals surface area (Å²) in [5, 5.41) is 22.1. The number of nitro groups is 1. The molecule has 1 fully saturated rings. The average Bonchev–Trinajstić information content (AvgIpc) is 2.93. The summed E-state index contributed by atoms with van der Waals surface area (Å²) in [6, 6.07) is 6.38. The van der Waals surface area contributed by atoms with Crippen molar-refractivity contribution in [3.63, 3.8) is 0 Å². The highest BCUT2D eigenvalue weighted by atomic mass is 19.1. The minimum absolute atomic E-state index is 0.00931. The lowest BCUT2D eigenvalue weighted by molar-refractivity contribution is -0.535. The Bertz CT molecular complexity index is 634. The van der Waals surface area contributed by atoms with Gasteiger partial charge in [0.15, 0.2) is 0 Å². The number of likely N-dealkylation sites (tertiary alicyclic amines) is 1. The fourth-order valence-electron chi connectivity index (χ4n) is 3.10. The lowest BCUT2D eigenvalue weighted by atomic mass is 9.95. The Kier molecular flexibility index (Phi) is 6.17. The van der Waals surface area contributed by atoms with E-state index in [1.165, 1.54) is 0 Å². The summed E-state index contributed by atoms with van der Waals surface area (Å²) in [4.78, 5) is 24.3. The van der Waals surface area contributed by atoms with Crippen LogP contribution in [0.5, 0.6) is 0 Å². The maximum Gasteiger partial charge on any atom is 0.410 e. The number of carbonyl (C=O) groups is 1. The second-order valence-corrected chi connectivity index (χ2v) is 7.57. The van der Waals surface area contributed by atoms with Crippen LogP contribution in [-0.2, 0) is 11.2 Å². The first kappa shape index (κ1) is 20.1. The zero-order valence-corrected chi connectivity index (χ0v) is 15.2. The van der Waals surface area contributed by atoms with Gasteiger partial charge in [0.05, 0.1) is 12.6 Å². The highest BCUT2D eigenvalue weighted by molar-refractivity contribution is 5.69. The molecule has 0 unspecified atom stereocenters. The molecule has 4 atom stereocenters. The number of rotatable bonds is 5. The number of alkyl halides is 1. The van der Waals surface area contributed by atoms with Crippen molar-refractivity contribution in [1.29, 1.82) is 0 Å². The summed E-state index contributed by atoms with van der Waals surface area (Å²) in [6.45, 7) is 4.78. The van der Waals surface area contributed by atoms with Gasteiger partial charge in [-0.3, -0.25) is 15.0 Å². The molecule has 0 radical (unpaired) electrons. The quantitative estimate of drug-likeness (QED) is 0.637. The second kappa shape index (κ2) is 7.99. The molecular weight excluding hydrogens is 343 g/mol. The normalized spacial score (nSPS) is 22.7. The highest BCUT2D eigenvalue weighted by Gasteiger charge is 2.47. The Morgan fingerprint density at radius 3 is 2.58 bits per heavy atom. The van der Waals surface area contributed by atoms with Crippen molar-refractivity contribution in [1.82, 2.24) is 4.90 Å². The van der Waals surface area contributed by atoms with E-state index in [4.69, 9.17) is 4.74 Å². The van der Waals surface area contributed by atoms with Gasteiger partial charge in [0.2, 0.25) is 6.04 Å². The number of carbonyl (C=O) groups excluding carboxylic acids is 1. The lowest BCUT2D eigenvalue weighted by Crippen LogP contribution is -2.51. The number of hydrogen-bond acceptors (Lipinski definition) is 5. The van der Waals surface area contributed by atoms with Gasteiger partial charge in [-0.05, 0) is 26.3 Å². The Morgan fingerprint density at radius 2 is 2.04 bits per heavy atom. The molecule has 1 aromatic carbocycles. The summed E-state index contributed by atoms with van der Waals surface area (Å²) >= 11 is 0. The van der Waals surface area contributed by atoms with Crippen LogP contribution in [0, 0.1) is 10.1 Å². The van der Waals surface area contributed by atoms with E-state index in [0.29, 0.717) is 5.56 Å². The molecule has 26 heavy (non-hydrogen) atoms. The average molecular weight is 368 g/mol. The van der Waals surface area contributed by atoms with E-state index in [-0.39, 0.29) is 19.4 Å². The molecule has 1 saturated heterocycles. The third-order valence-corrected chi connectivity index (χ3v) is 4.27. The van der Waals surface area contributed by atoms with Crippen LogP contribution in [-0.4, -0.2) is 57.5 Å². The molecule has 0 saturated carbocycles. The van der Waals surface area contributed by atoms with Crippen molar-refractivity contribution in [2.24, 2.45) is 0 Å². The summed E-state index contributed by atoms with van der Waals surface area (Å²) in [5.41, 5.74) is -0.0973. The van der Waals surface area contributed by atoms with E-state index >= 15 is 0 Å². The minimum Gasteiger partial charge on any atom is -0.444 e. The molecule has 1 aliphatic rings. The van der Waals surface area contributed by atoms with Crippen LogP contribution in [0.3, 0.4) is 0 Å². The van der Waals surface area contributed by atoms with Crippen LogP contribution in [0.15, 0.2) is 30.3 Å². The van der Waals surface area contributed by atoms with Crippen LogP contribution in [0.4, 0.5) is 9.18 Å². The first-order valence-electron chi connectivity index (χ1n) is 8.57. The maximum atomic E-state index is 13.9. The van der Waals surface area contributed by atoms with Gasteiger partial charge in [0, 0.05) is 17.8 Å². The molecule has 0 aromatic heterocycles. The van der Waals surface area contributed by atoms with Gasteiger partial charge in [-0.2, -0.15) is 0 Å². The topological polar surface area (TPSA) is 92.9 Å². The number of halogens is 1. The zero-order valence-electron chi connectivity index (χ0n) is 15.2. The Labute approximate surface area is 151 Å². The summed E-state index contributed by atoms with van der Waals surface area (Å²) in [7, 11) is 0. The van der Waals surface area contributed by atoms with Crippen molar-refractivity contribution in [3.8, 4) is 0 Å². The molecule has 0 bridgehead atoms. The first-order valence-corrected chi connectivity index (χ1v) is 8.57. The van der Waals surface area contributed by atoms with Gasteiger partial charge in [0.1, 0.15) is 17.9 Å². The van der Waals surface area contributed by atoms with Gasteiger partial charge in [0.25, 0.3) is 0 Å². The fourth-order valence-corrected chi connectivity index (χ4v) is 3.10. The molecule has 144 valence electrons. The van der Waals surface area contributed by atoms with Crippen LogP contribution < -0.4 is 0 Å².